The quantitative estimate of drug-likeness (QED) is 0.708. The number of fused-ring (bicyclic) bond motifs is 1. The monoisotopic (exact) mass is 251 g/mol. The molecule has 0 fully saturated rings. The number of amides is 1. The van der Waals surface area contributed by atoms with Gasteiger partial charge in [0.25, 0.3) is 0 Å². The number of aromatic nitrogens is 2. The third-order valence-electron chi connectivity index (χ3n) is 3.09. The first-order valence-corrected chi connectivity index (χ1v) is 6.27. The van der Waals surface area contributed by atoms with Crippen LogP contribution in [0.25, 0.3) is 0 Å². The zero-order valence-electron chi connectivity index (χ0n) is 11.8. The van der Waals surface area contributed by atoms with E-state index >= 15 is 0 Å². The lowest BCUT2D eigenvalue weighted by Crippen LogP contribution is -2.40. The second-order valence-electron chi connectivity index (χ2n) is 5.79. The predicted molar refractivity (Wildman–Crippen MR) is 68.3 cm³/mol. The highest BCUT2D eigenvalue weighted by Crippen LogP contribution is 2.23. The average Bonchev–Trinajstić information content (AvgIpc) is 2.52. The third kappa shape index (κ3) is 2.49. The van der Waals surface area contributed by atoms with Crippen molar-refractivity contribution >= 4 is 6.09 Å². The minimum absolute atomic E-state index is 0.239. The number of carbonyl (C=O) groups excluding carboxylic acids is 1. The molecular formula is C13H21N3O2. The molecule has 0 aliphatic carbocycles. The van der Waals surface area contributed by atoms with E-state index in [4.69, 9.17) is 4.74 Å². The number of hydrogen-bond donors (Lipinski definition) is 0. The first kappa shape index (κ1) is 12.9. The summed E-state index contributed by atoms with van der Waals surface area (Å²) in [6, 6.07) is 0. The molecular weight excluding hydrogens is 230 g/mol. The van der Waals surface area contributed by atoms with Crippen LogP contribution in [0.1, 0.15) is 37.7 Å². The zero-order chi connectivity index (χ0) is 13.5. The maximum absolute atomic E-state index is 12.0. The Bertz CT molecular complexity index is 471. The molecule has 1 amide bonds. The van der Waals surface area contributed by atoms with Crippen LogP contribution in [-0.4, -0.2) is 32.9 Å². The number of rotatable bonds is 0. The van der Waals surface area contributed by atoms with Gasteiger partial charge in [0.2, 0.25) is 0 Å². The average molecular weight is 251 g/mol. The Morgan fingerprint density at radius 2 is 2.06 bits per heavy atom. The molecule has 1 aromatic rings. The van der Waals surface area contributed by atoms with E-state index in [1.165, 1.54) is 5.69 Å². The summed E-state index contributed by atoms with van der Waals surface area (Å²) < 4.78 is 7.31. The van der Waals surface area contributed by atoms with Gasteiger partial charge < -0.3 is 9.64 Å². The molecule has 0 spiro atoms. The minimum Gasteiger partial charge on any atom is -0.444 e. The summed E-state index contributed by atoms with van der Waals surface area (Å²) in [6.07, 6.45) is 0.600. The van der Waals surface area contributed by atoms with Gasteiger partial charge >= 0.3 is 6.09 Å². The first-order chi connectivity index (χ1) is 8.28. The Hall–Kier alpha value is -1.52. The van der Waals surface area contributed by atoms with E-state index in [9.17, 15) is 4.79 Å². The smallest absolute Gasteiger partial charge is 0.410 e. The summed E-state index contributed by atoms with van der Waals surface area (Å²) >= 11 is 0. The normalized spacial score (nSPS) is 15.5. The molecule has 1 aliphatic heterocycles. The van der Waals surface area contributed by atoms with E-state index in [0.717, 1.165) is 17.7 Å². The van der Waals surface area contributed by atoms with Crippen molar-refractivity contribution in [2.24, 2.45) is 7.05 Å². The molecule has 0 unspecified atom stereocenters. The molecule has 2 heterocycles. The predicted octanol–water partition coefficient (Wildman–Crippen LogP) is 2.02. The first-order valence-electron chi connectivity index (χ1n) is 6.27. The molecule has 100 valence electrons. The van der Waals surface area contributed by atoms with Crippen LogP contribution in [0, 0.1) is 6.92 Å². The molecule has 18 heavy (non-hydrogen) atoms. The number of ether oxygens (including phenoxy) is 1. The van der Waals surface area contributed by atoms with Crippen LogP contribution < -0.4 is 0 Å². The van der Waals surface area contributed by atoms with Crippen molar-refractivity contribution in [3.63, 3.8) is 0 Å². The summed E-state index contributed by atoms with van der Waals surface area (Å²) in [5.74, 6) is 0. The molecule has 2 rings (SSSR count). The summed E-state index contributed by atoms with van der Waals surface area (Å²) in [4.78, 5) is 13.8. The van der Waals surface area contributed by atoms with Gasteiger partial charge in [-0.05, 0) is 27.7 Å². The van der Waals surface area contributed by atoms with Crippen molar-refractivity contribution in [3.8, 4) is 0 Å². The van der Waals surface area contributed by atoms with Crippen LogP contribution in [-0.2, 0) is 24.8 Å². The fraction of sp³-hybridized carbons (Fsp3) is 0.692. The summed E-state index contributed by atoms with van der Waals surface area (Å²) in [6.45, 7) is 8.93. The number of carbonyl (C=O) groups is 1. The molecule has 0 saturated heterocycles. The SMILES string of the molecule is Cc1nn(C)c2c1CN(C(=O)OC(C)(C)C)CC2. The van der Waals surface area contributed by atoms with Crippen LogP contribution in [0.4, 0.5) is 4.79 Å². The van der Waals surface area contributed by atoms with Gasteiger partial charge in [-0.1, -0.05) is 0 Å². The van der Waals surface area contributed by atoms with E-state index in [1.54, 1.807) is 4.90 Å². The molecule has 0 bridgehead atoms. The van der Waals surface area contributed by atoms with Crippen LogP contribution in [0.15, 0.2) is 0 Å². The zero-order valence-corrected chi connectivity index (χ0v) is 11.8. The van der Waals surface area contributed by atoms with Crippen LogP contribution in [0.3, 0.4) is 0 Å². The summed E-state index contributed by atoms with van der Waals surface area (Å²) in [7, 11) is 1.95. The van der Waals surface area contributed by atoms with Crippen molar-refractivity contribution in [1.82, 2.24) is 14.7 Å². The van der Waals surface area contributed by atoms with Crippen LogP contribution in [0.5, 0.6) is 0 Å². The molecule has 5 heteroatoms. The van der Waals surface area contributed by atoms with Gasteiger partial charge in [-0.15, -0.1) is 0 Å². The van der Waals surface area contributed by atoms with Crippen molar-refractivity contribution in [3.05, 3.63) is 17.0 Å². The summed E-state index contributed by atoms with van der Waals surface area (Å²) in [5.41, 5.74) is 2.95. The van der Waals surface area contributed by atoms with Gasteiger partial charge in [-0.3, -0.25) is 4.68 Å². The van der Waals surface area contributed by atoms with E-state index in [0.29, 0.717) is 13.1 Å². The minimum atomic E-state index is -0.443. The Labute approximate surface area is 108 Å². The standard InChI is InChI=1S/C13H21N3O2/c1-9-10-8-16(12(17)18-13(2,3)4)7-6-11(10)15(5)14-9/h6-8H2,1-5H3. The Kier molecular flexibility index (Phi) is 3.09. The molecule has 1 aromatic heterocycles. The molecule has 0 N–H and O–H groups in total. The van der Waals surface area contributed by atoms with Gasteiger partial charge in [0.1, 0.15) is 5.60 Å². The van der Waals surface area contributed by atoms with E-state index in [2.05, 4.69) is 5.10 Å². The fourth-order valence-electron chi connectivity index (χ4n) is 2.26. The highest BCUT2D eigenvalue weighted by Gasteiger charge is 2.28. The van der Waals surface area contributed by atoms with Gasteiger partial charge in [-0.25, -0.2) is 4.79 Å². The Morgan fingerprint density at radius 3 is 2.67 bits per heavy atom. The Balaban J connectivity index is 2.12. The highest BCUT2D eigenvalue weighted by molar-refractivity contribution is 5.68. The highest BCUT2D eigenvalue weighted by atomic mass is 16.6. The van der Waals surface area contributed by atoms with Crippen molar-refractivity contribution in [2.45, 2.75) is 46.3 Å². The van der Waals surface area contributed by atoms with E-state index in [-0.39, 0.29) is 6.09 Å². The van der Waals surface area contributed by atoms with E-state index < -0.39 is 5.60 Å². The second kappa shape index (κ2) is 4.30. The van der Waals surface area contributed by atoms with Gasteiger partial charge in [0.05, 0.1) is 12.2 Å². The molecule has 1 aliphatic rings. The number of nitrogens with zero attached hydrogens (tertiary/aromatic N) is 3. The lowest BCUT2D eigenvalue weighted by Gasteiger charge is -2.30. The third-order valence-corrected chi connectivity index (χ3v) is 3.09. The molecule has 0 aromatic carbocycles. The number of hydrogen-bond acceptors (Lipinski definition) is 3. The largest absolute Gasteiger partial charge is 0.444 e. The second-order valence-corrected chi connectivity index (χ2v) is 5.79. The Morgan fingerprint density at radius 1 is 1.39 bits per heavy atom. The van der Waals surface area contributed by atoms with Gasteiger partial charge in [0.15, 0.2) is 0 Å². The molecule has 0 saturated carbocycles. The topological polar surface area (TPSA) is 47.4 Å². The van der Waals surface area contributed by atoms with Crippen LogP contribution in [0.2, 0.25) is 0 Å². The molecule has 0 atom stereocenters. The van der Waals surface area contributed by atoms with Gasteiger partial charge in [0, 0.05) is 31.3 Å². The van der Waals surface area contributed by atoms with Gasteiger partial charge in [-0.2, -0.15) is 5.10 Å². The summed E-state index contributed by atoms with van der Waals surface area (Å²) in [5, 5.41) is 4.40. The maximum Gasteiger partial charge on any atom is 0.410 e. The van der Waals surface area contributed by atoms with E-state index in [1.807, 2.05) is 39.4 Å². The van der Waals surface area contributed by atoms with Crippen molar-refractivity contribution < 1.29 is 9.53 Å². The fourth-order valence-corrected chi connectivity index (χ4v) is 2.26. The van der Waals surface area contributed by atoms with Crippen molar-refractivity contribution in [1.29, 1.82) is 0 Å². The number of aryl methyl sites for hydroxylation is 2. The van der Waals surface area contributed by atoms with Crippen molar-refractivity contribution in [2.75, 3.05) is 6.54 Å². The molecule has 5 nitrogen and oxygen atoms in total. The lowest BCUT2D eigenvalue weighted by atomic mass is 10.1. The maximum atomic E-state index is 12.0. The lowest BCUT2D eigenvalue weighted by molar-refractivity contribution is 0.0222. The molecule has 0 radical (unpaired) electrons. The van der Waals surface area contributed by atoms with Crippen LogP contribution >= 0.6 is 0 Å².